The third-order valence-corrected chi connectivity index (χ3v) is 11.5. The van der Waals surface area contributed by atoms with Crippen LogP contribution >= 0.6 is 0 Å². The number of benzene rings is 4. The summed E-state index contributed by atoms with van der Waals surface area (Å²) in [7, 11) is -0.696. The molecule has 4 amide bonds. The largest absolute Gasteiger partial charge is 0.496 e. The maximum absolute atomic E-state index is 12.6. The highest BCUT2D eigenvalue weighted by Gasteiger charge is 2.35. The van der Waals surface area contributed by atoms with Gasteiger partial charge < -0.3 is 34.3 Å². The first-order valence-electron chi connectivity index (χ1n) is 21.7. The standard InChI is InChI=1S/C27H33N5O6.C20H21N3O7S/c1-3-37-24(33)18-31-14-12-30(13-15-31)16-21-17-32(27(35)38-21)20-10-8-19(9-11-20)25(28)29-26(34)22-6-4-5-7-23(22)36-2;1-28-17-6-4-3-5-16(17)19(24)22-18(21)13-7-9-14(10-8-13)23-11-15(30-20(23)25)12-29-31(2,26)27/h4-11,21H,3,12-18H2,1-2H3,(H2,28,29,34);3-10,15H,11-12H2,1-2H3,(H2,21,22,24). The monoisotopic (exact) mass is 970 g/mol. The lowest BCUT2D eigenvalue weighted by molar-refractivity contribution is -0.144. The van der Waals surface area contributed by atoms with Crippen LogP contribution in [0.3, 0.4) is 0 Å². The third-order valence-electron chi connectivity index (χ3n) is 10.9. The second-order valence-corrected chi connectivity index (χ2v) is 17.4. The lowest BCUT2D eigenvalue weighted by atomic mass is 10.1. The Hall–Kier alpha value is -7.40. The van der Waals surface area contributed by atoms with Gasteiger partial charge in [0.05, 0.1) is 57.8 Å². The Morgan fingerprint density at radius 1 is 0.667 bits per heavy atom. The highest BCUT2D eigenvalue weighted by Crippen LogP contribution is 2.25. The second-order valence-electron chi connectivity index (χ2n) is 15.8. The van der Waals surface area contributed by atoms with Crippen molar-refractivity contribution in [2.24, 2.45) is 0 Å². The summed E-state index contributed by atoms with van der Waals surface area (Å²) in [6.45, 7) is 6.44. The van der Waals surface area contributed by atoms with Gasteiger partial charge in [-0.05, 0) is 79.7 Å². The zero-order valence-corrected chi connectivity index (χ0v) is 39.3. The van der Waals surface area contributed by atoms with E-state index < -0.39 is 40.2 Å². The number of carbonyl (C=O) groups is 5. The van der Waals surface area contributed by atoms with Crippen LogP contribution in [-0.2, 0) is 33.3 Å². The van der Waals surface area contributed by atoms with Crippen LogP contribution in [0.25, 0.3) is 0 Å². The first kappa shape index (κ1) is 51.0. The van der Waals surface area contributed by atoms with Gasteiger partial charge in [-0.3, -0.25) is 49.0 Å². The van der Waals surface area contributed by atoms with Gasteiger partial charge in [-0.1, -0.05) is 24.3 Å². The first-order valence-corrected chi connectivity index (χ1v) is 23.5. The predicted octanol–water partition coefficient (Wildman–Crippen LogP) is 3.71. The van der Waals surface area contributed by atoms with Gasteiger partial charge in [0, 0.05) is 55.2 Å². The SMILES string of the molecule is CCOC(=O)CN1CCN(CC2CN(c3ccc(C(=N)NC(=O)c4ccccc4OC)cc3)C(=O)O2)CC1.COc1ccccc1C(=O)NC(=N)c1ccc(N2CC(COS(C)(=O)=O)OC2=O)cc1. The van der Waals surface area contributed by atoms with E-state index >= 15 is 0 Å². The van der Waals surface area contributed by atoms with Gasteiger partial charge in [0.2, 0.25) is 0 Å². The van der Waals surface area contributed by atoms with Gasteiger partial charge in [-0.2, -0.15) is 8.42 Å². The topological polar surface area (TPSA) is 260 Å². The number of hydrogen-bond donors (Lipinski definition) is 4. The van der Waals surface area contributed by atoms with Crippen molar-refractivity contribution in [2.75, 3.05) is 95.8 Å². The predicted molar refractivity (Wildman–Crippen MR) is 253 cm³/mol. The van der Waals surface area contributed by atoms with Crippen molar-refractivity contribution < 1.29 is 60.3 Å². The molecule has 0 spiro atoms. The molecule has 0 radical (unpaired) electrons. The number of amidine groups is 2. The van der Waals surface area contributed by atoms with Gasteiger partial charge in [0.15, 0.2) is 0 Å². The fraction of sp³-hybridized carbons (Fsp3) is 0.340. The Morgan fingerprint density at radius 3 is 1.55 bits per heavy atom. The van der Waals surface area contributed by atoms with Crippen LogP contribution in [0.5, 0.6) is 11.5 Å². The van der Waals surface area contributed by atoms with E-state index in [-0.39, 0.29) is 36.9 Å². The van der Waals surface area contributed by atoms with Gasteiger partial charge >= 0.3 is 18.2 Å². The van der Waals surface area contributed by atoms with Crippen molar-refractivity contribution in [2.45, 2.75) is 19.1 Å². The molecule has 4 aromatic carbocycles. The Morgan fingerprint density at radius 2 is 1.10 bits per heavy atom. The number of carbonyl (C=O) groups excluding carboxylic acids is 5. The zero-order valence-electron chi connectivity index (χ0n) is 38.5. The summed E-state index contributed by atoms with van der Waals surface area (Å²) in [6.07, 6.45) is -1.11. The maximum Gasteiger partial charge on any atom is 0.414 e. The molecule has 3 heterocycles. The summed E-state index contributed by atoms with van der Waals surface area (Å²) in [6, 6.07) is 26.7. The molecule has 0 bridgehead atoms. The van der Waals surface area contributed by atoms with E-state index in [1.807, 2.05) is 0 Å². The molecule has 3 aliphatic heterocycles. The smallest absolute Gasteiger partial charge is 0.414 e. The van der Waals surface area contributed by atoms with Crippen molar-refractivity contribution in [1.82, 2.24) is 20.4 Å². The summed E-state index contributed by atoms with van der Waals surface area (Å²) in [5.74, 6) is -0.491. The number of cyclic esters (lactones) is 2. The number of nitrogens with zero attached hydrogens (tertiary/aromatic N) is 4. The quantitative estimate of drug-likeness (QED) is 0.0410. The average molecular weight is 971 g/mol. The molecule has 22 heteroatoms. The van der Waals surface area contributed by atoms with E-state index in [1.54, 1.807) is 109 Å². The third kappa shape index (κ3) is 14.1. The van der Waals surface area contributed by atoms with Crippen LogP contribution in [-0.4, -0.2) is 158 Å². The number of piperazine rings is 1. The number of esters is 1. The van der Waals surface area contributed by atoms with E-state index in [0.717, 1.165) is 32.4 Å². The van der Waals surface area contributed by atoms with Gasteiger partial charge in [-0.25, -0.2) is 9.59 Å². The lowest BCUT2D eigenvalue weighted by Gasteiger charge is -2.34. The molecule has 0 saturated carbocycles. The minimum absolute atomic E-state index is 0.0589. The normalized spacial score (nSPS) is 17.2. The lowest BCUT2D eigenvalue weighted by Crippen LogP contribution is -2.50. The molecule has 4 N–H and O–H groups in total. The molecule has 2 unspecified atom stereocenters. The Kier molecular flexibility index (Phi) is 17.4. The molecule has 3 saturated heterocycles. The van der Waals surface area contributed by atoms with E-state index in [4.69, 9.17) is 34.5 Å². The fourth-order valence-corrected chi connectivity index (χ4v) is 7.84. The number of methoxy groups -OCH3 is 2. The molecule has 366 valence electrons. The summed E-state index contributed by atoms with van der Waals surface area (Å²) in [5, 5.41) is 21.5. The summed E-state index contributed by atoms with van der Waals surface area (Å²) >= 11 is 0. The van der Waals surface area contributed by atoms with E-state index in [9.17, 15) is 32.4 Å². The number of rotatable bonds is 16. The molecule has 0 aliphatic carbocycles. The van der Waals surface area contributed by atoms with E-state index in [2.05, 4.69) is 24.6 Å². The first-order chi connectivity index (χ1) is 33.0. The molecular formula is C47H54N8O13S. The van der Waals surface area contributed by atoms with Crippen LogP contribution in [0.4, 0.5) is 21.0 Å². The van der Waals surface area contributed by atoms with Crippen LogP contribution in [0.2, 0.25) is 0 Å². The minimum atomic E-state index is -3.64. The van der Waals surface area contributed by atoms with Crippen molar-refractivity contribution in [1.29, 1.82) is 10.8 Å². The average Bonchev–Trinajstić information content (AvgIpc) is 3.91. The number of para-hydroxylation sites is 2. The van der Waals surface area contributed by atoms with Crippen molar-refractivity contribution in [3.63, 3.8) is 0 Å². The summed E-state index contributed by atoms with van der Waals surface area (Å²) in [5.41, 5.74) is 2.72. The zero-order chi connectivity index (χ0) is 49.7. The minimum Gasteiger partial charge on any atom is -0.496 e. The van der Waals surface area contributed by atoms with Crippen molar-refractivity contribution in [3.05, 3.63) is 119 Å². The summed E-state index contributed by atoms with van der Waals surface area (Å²) in [4.78, 5) is 68.6. The molecule has 0 aromatic heterocycles. The van der Waals surface area contributed by atoms with Crippen molar-refractivity contribution in [3.8, 4) is 11.5 Å². The van der Waals surface area contributed by atoms with Crippen LogP contribution < -0.4 is 29.9 Å². The molecule has 3 fully saturated rings. The second kappa shape index (κ2) is 23.6. The molecule has 4 aromatic rings. The van der Waals surface area contributed by atoms with Gasteiger partial charge in [0.25, 0.3) is 21.9 Å². The summed E-state index contributed by atoms with van der Waals surface area (Å²) < 4.78 is 53.0. The van der Waals surface area contributed by atoms with Gasteiger partial charge in [0.1, 0.15) is 42.0 Å². The molecule has 21 nitrogen and oxygen atoms in total. The van der Waals surface area contributed by atoms with Crippen LogP contribution in [0, 0.1) is 10.8 Å². The Bertz CT molecular complexity index is 2620. The maximum atomic E-state index is 12.6. The molecule has 2 atom stereocenters. The fourth-order valence-electron chi connectivity index (χ4n) is 7.44. The highest BCUT2D eigenvalue weighted by atomic mass is 32.2. The number of ether oxygens (including phenoxy) is 5. The van der Waals surface area contributed by atoms with Gasteiger partial charge in [-0.15, -0.1) is 0 Å². The Balaban J connectivity index is 0.000000232. The van der Waals surface area contributed by atoms with Crippen LogP contribution in [0.1, 0.15) is 38.8 Å². The number of hydrogen-bond acceptors (Lipinski definition) is 17. The van der Waals surface area contributed by atoms with Crippen molar-refractivity contribution >= 4 is 63.1 Å². The van der Waals surface area contributed by atoms with E-state index in [1.165, 1.54) is 19.1 Å². The highest BCUT2D eigenvalue weighted by molar-refractivity contribution is 7.86. The molecule has 7 rings (SSSR count). The van der Waals surface area contributed by atoms with Crippen LogP contribution in [0.15, 0.2) is 97.1 Å². The number of amides is 4. The molecule has 69 heavy (non-hydrogen) atoms. The van der Waals surface area contributed by atoms with E-state index in [0.29, 0.717) is 71.4 Å². The number of nitrogens with one attached hydrogen (secondary N) is 4. The number of anilines is 2. The molecular weight excluding hydrogens is 917 g/mol. The Labute approximate surface area is 399 Å². The molecule has 3 aliphatic rings.